The van der Waals surface area contributed by atoms with Crippen molar-refractivity contribution in [2.45, 2.75) is 6.92 Å². The minimum atomic E-state index is -0.741. The van der Waals surface area contributed by atoms with E-state index in [9.17, 15) is 14.7 Å². The third-order valence-electron chi connectivity index (χ3n) is 3.82. The van der Waals surface area contributed by atoms with E-state index in [0.29, 0.717) is 16.9 Å². The van der Waals surface area contributed by atoms with Gasteiger partial charge in [0, 0.05) is 6.21 Å². The number of hydrogen-bond acceptors (Lipinski definition) is 5. The van der Waals surface area contributed by atoms with E-state index in [1.807, 2.05) is 6.07 Å². The smallest absolute Gasteiger partial charge is 0.335 e. The molecule has 0 bridgehead atoms. The molecule has 2 aromatic carbocycles. The van der Waals surface area contributed by atoms with Gasteiger partial charge in [0.2, 0.25) is 5.88 Å². The molecule has 0 spiro atoms. The Kier molecular flexibility index (Phi) is 4.50. The number of aliphatic imine (C=N–C) groups is 1. The summed E-state index contributed by atoms with van der Waals surface area (Å²) in [7, 11) is 0. The lowest BCUT2D eigenvalue weighted by atomic mass is 10.2. The molecule has 26 heavy (non-hydrogen) atoms. The Hall–Kier alpha value is -3.92. The fourth-order valence-electron chi connectivity index (χ4n) is 2.45. The Balaban J connectivity index is 2.11. The summed E-state index contributed by atoms with van der Waals surface area (Å²) in [4.78, 5) is 30.6. The van der Waals surface area contributed by atoms with Crippen molar-refractivity contribution in [3.63, 3.8) is 0 Å². The number of H-pyrrole nitrogens is 1. The van der Waals surface area contributed by atoms with Crippen molar-refractivity contribution in [1.82, 2.24) is 9.55 Å². The molecule has 0 unspecified atom stereocenters. The lowest BCUT2D eigenvalue weighted by Crippen LogP contribution is -2.31. The molecule has 7 heteroatoms. The highest BCUT2D eigenvalue weighted by molar-refractivity contribution is 5.84. The number of nitrogens with one attached hydrogen (secondary N) is 1. The molecule has 2 N–H and O–H groups in total. The number of aromatic amines is 1. The van der Waals surface area contributed by atoms with Crippen LogP contribution < -0.4 is 11.2 Å². The van der Waals surface area contributed by atoms with Gasteiger partial charge in [0.05, 0.1) is 23.0 Å². The van der Waals surface area contributed by atoms with Gasteiger partial charge in [-0.15, -0.1) is 0 Å². The molecule has 1 heterocycles. The first-order valence-electron chi connectivity index (χ1n) is 7.70. The lowest BCUT2D eigenvalue weighted by molar-refractivity contribution is 0.430. The standard InChI is InChI=1S/C19H14N4O3/c1-12-4-2-3-5-16(12)23-18(25)15(17(24)22-19(23)26)11-21-14-8-6-13(10-20)7-9-14/h2-9,11,25H,1H3,(H,22,24,26). The molecule has 128 valence electrons. The van der Waals surface area contributed by atoms with E-state index < -0.39 is 17.1 Å². The third-order valence-corrected chi connectivity index (χ3v) is 3.82. The van der Waals surface area contributed by atoms with Gasteiger partial charge in [0.15, 0.2) is 0 Å². The number of para-hydroxylation sites is 1. The molecular weight excluding hydrogens is 332 g/mol. The normalized spacial score (nSPS) is 10.8. The Labute approximate surface area is 148 Å². The molecule has 0 aliphatic rings. The summed E-state index contributed by atoms with van der Waals surface area (Å²) in [6, 6.07) is 15.4. The highest BCUT2D eigenvalue weighted by Gasteiger charge is 2.15. The van der Waals surface area contributed by atoms with Crippen molar-refractivity contribution in [2.75, 3.05) is 0 Å². The summed E-state index contributed by atoms with van der Waals surface area (Å²) in [5.41, 5.74) is 0.574. The number of rotatable bonds is 3. The van der Waals surface area contributed by atoms with Crippen LogP contribution >= 0.6 is 0 Å². The first kappa shape index (κ1) is 16.9. The zero-order valence-electron chi connectivity index (χ0n) is 13.8. The van der Waals surface area contributed by atoms with Gasteiger partial charge in [0.1, 0.15) is 5.56 Å². The van der Waals surface area contributed by atoms with Crippen LogP contribution in [0.3, 0.4) is 0 Å². The number of nitrogens with zero attached hydrogens (tertiary/aromatic N) is 3. The van der Waals surface area contributed by atoms with E-state index in [0.717, 1.165) is 10.1 Å². The Morgan fingerprint density at radius 2 is 1.85 bits per heavy atom. The van der Waals surface area contributed by atoms with Crippen LogP contribution in [0.2, 0.25) is 0 Å². The van der Waals surface area contributed by atoms with Crippen LogP contribution in [-0.4, -0.2) is 20.9 Å². The van der Waals surface area contributed by atoms with Crippen LogP contribution in [0, 0.1) is 18.3 Å². The molecule has 0 aliphatic heterocycles. The van der Waals surface area contributed by atoms with Gasteiger partial charge in [-0.05, 0) is 42.8 Å². The first-order valence-corrected chi connectivity index (χ1v) is 7.70. The molecule has 3 aromatic rings. The van der Waals surface area contributed by atoms with E-state index in [-0.39, 0.29) is 5.56 Å². The fraction of sp³-hybridized carbons (Fsp3) is 0.0526. The second kappa shape index (κ2) is 6.91. The second-order valence-corrected chi connectivity index (χ2v) is 5.54. The van der Waals surface area contributed by atoms with Gasteiger partial charge in [-0.2, -0.15) is 5.26 Å². The zero-order valence-corrected chi connectivity index (χ0v) is 13.8. The van der Waals surface area contributed by atoms with Gasteiger partial charge in [0.25, 0.3) is 5.56 Å². The van der Waals surface area contributed by atoms with Crippen LogP contribution in [0.5, 0.6) is 5.88 Å². The maximum Gasteiger partial charge on any atom is 0.335 e. The van der Waals surface area contributed by atoms with Gasteiger partial charge in [-0.1, -0.05) is 18.2 Å². The average molecular weight is 346 g/mol. The van der Waals surface area contributed by atoms with Crippen LogP contribution in [0.25, 0.3) is 5.69 Å². The van der Waals surface area contributed by atoms with Crippen molar-refractivity contribution in [2.24, 2.45) is 4.99 Å². The highest BCUT2D eigenvalue weighted by Crippen LogP contribution is 2.19. The largest absolute Gasteiger partial charge is 0.493 e. The zero-order chi connectivity index (χ0) is 18.7. The molecular formula is C19H14N4O3. The summed E-state index contributed by atoms with van der Waals surface area (Å²) in [6.07, 6.45) is 1.18. The Bertz CT molecular complexity index is 1150. The van der Waals surface area contributed by atoms with Gasteiger partial charge < -0.3 is 5.11 Å². The molecule has 0 atom stereocenters. The van der Waals surface area contributed by atoms with Gasteiger partial charge >= 0.3 is 5.69 Å². The summed E-state index contributed by atoms with van der Waals surface area (Å²) in [5, 5.41) is 19.3. The summed E-state index contributed by atoms with van der Waals surface area (Å²) < 4.78 is 1.02. The SMILES string of the molecule is Cc1ccccc1-n1c(O)c(C=Nc2ccc(C#N)cc2)c(=O)[nH]c1=O. The number of aryl methyl sites for hydroxylation is 1. The molecule has 0 fully saturated rings. The van der Waals surface area contributed by atoms with Crippen molar-refractivity contribution in [1.29, 1.82) is 5.26 Å². The van der Waals surface area contributed by atoms with Gasteiger partial charge in [-0.25, -0.2) is 9.36 Å². The highest BCUT2D eigenvalue weighted by atomic mass is 16.3. The number of benzene rings is 2. The number of nitriles is 1. The molecule has 1 aromatic heterocycles. The predicted molar refractivity (Wildman–Crippen MR) is 97.5 cm³/mol. The van der Waals surface area contributed by atoms with Crippen LogP contribution in [-0.2, 0) is 0 Å². The quantitative estimate of drug-likeness (QED) is 0.708. The minimum Gasteiger partial charge on any atom is -0.493 e. The van der Waals surface area contributed by atoms with E-state index in [1.165, 1.54) is 6.21 Å². The minimum absolute atomic E-state index is 0.141. The van der Waals surface area contributed by atoms with Crippen molar-refractivity contribution < 1.29 is 5.11 Å². The summed E-state index contributed by atoms with van der Waals surface area (Å²) in [6.45, 7) is 1.79. The number of hydrogen-bond donors (Lipinski definition) is 2. The van der Waals surface area contributed by atoms with Crippen molar-refractivity contribution in [3.05, 3.63) is 86.1 Å². The van der Waals surface area contributed by atoms with Crippen LogP contribution in [0.4, 0.5) is 5.69 Å². The van der Waals surface area contributed by atoms with E-state index in [2.05, 4.69) is 9.98 Å². The average Bonchev–Trinajstić information content (AvgIpc) is 2.63. The molecule has 0 saturated heterocycles. The molecule has 0 aliphatic carbocycles. The molecule has 0 amide bonds. The number of aromatic nitrogens is 2. The van der Waals surface area contributed by atoms with E-state index in [1.54, 1.807) is 55.5 Å². The molecule has 3 rings (SSSR count). The van der Waals surface area contributed by atoms with E-state index in [4.69, 9.17) is 5.26 Å². The fourth-order valence-corrected chi connectivity index (χ4v) is 2.45. The maximum atomic E-state index is 12.2. The van der Waals surface area contributed by atoms with Crippen LogP contribution in [0.1, 0.15) is 16.7 Å². The topological polar surface area (TPSA) is 111 Å². The maximum absolute atomic E-state index is 12.2. The lowest BCUT2D eigenvalue weighted by Gasteiger charge is -2.11. The van der Waals surface area contributed by atoms with Crippen molar-refractivity contribution in [3.8, 4) is 17.6 Å². The van der Waals surface area contributed by atoms with Crippen molar-refractivity contribution >= 4 is 11.9 Å². The second-order valence-electron chi connectivity index (χ2n) is 5.54. The Morgan fingerprint density at radius 1 is 1.15 bits per heavy atom. The van der Waals surface area contributed by atoms with Gasteiger partial charge in [-0.3, -0.25) is 14.8 Å². The summed E-state index contributed by atoms with van der Waals surface area (Å²) >= 11 is 0. The monoisotopic (exact) mass is 346 g/mol. The first-order chi connectivity index (χ1) is 12.5. The summed E-state index contributed by atoms with van der Waals surface area (Å²) in [5.74, 6) is -0.495. The van der Waals surface area contributed by atoms with Crippen LogP contribution in [0.15, 0.2) is 63.1 Å². The Morgan fingerprint density at radius 3 is 2.50 bits per heavy atom. The third kappa shape index (κ3) is 3.16. The molecule has 7 nitrogen and oxygen atoms in total. The predicted octanol–water partition coefficient (Wildman–Crippen LogP) is 2.16. The number of aromatic hydroxyl groups is 1. The molecule has 0 saturated carbocycles. The van der Waals surface area contributed by atoms with E-state index >= 15 is 0 Å². The molecule has 0 radical (unpaired) electrons.